The van der Waals surface area contributed by atoms with E-state index in [4.69, 9.17) is 5.73 Å². The van der Waals surface area contributed by atoms with Crippen LogP contribution in [0.4, 0.5) is 4.39 Å². The van der Waals surface area contributed by atoms with E-state index < -0.39 is 5.82 Å². The van der Waals surface area contributed by atoms with Gasteiger partial charge in [0.25, 0.3) is 5.91 Å². The van der Waals surface area contributed by atoms with Crippen LogP contribution in [-0.4, -0.2) is 55.0 Å². The monoisotopic (exact) mass is 293 g/mol. The van der Waals surface area contributed by atoms with Gasteiger partial charge in [-0.05, 0) is 50.6 Å². The van der Waals surface area contributed by atoms with Gasteiger partial charge in [0.05, 0.1) is 5.56 Å². The average Bonchev–Trinajstić information content (AvgIpc) is 2.48. The third kappa shape index (κ3) is 4.25. The van der Waals surface area contributed by atoms with Crippen LogP contribution < -0.4 is 5.73 Å². The van der Waals surface area contributed by atoms with E-state index in [1.54, 1.807) is 17.0 Å². The third-order valence-electron chi connectivity index (χ3n) is 3.94. The number of rotatable bonds is 5. The van der Waals surface area contributed by atoms with Crippen LogP contribution >= 0.6 is 0 Å². The maximum Gasteiger partial charge on any atom is 0.256 e. The molecule has 2 N–H and O–H groups in total. The summed E-state index contributed by atoms with van der Waals surface area (Å²) < 4.78 is 13.9. The fourth-order valence-electron chi connectivity index (χ4n) is 2.62. The molecule has 2 rings (SSSR count). The minimum Gasteiger partial charge on any atom is -0.336 e. The minimum absolute atomic E-state index is 0.178. The lowest BCUT2D eigenvalue weighted by atomic mass is 10.1. The van der Waals surface area contributed by atoms with Crippen molar-refractivity contribution in [1.29, 1.82) is 0 Å². The molecule has 1 saturated heterocycles. The number of nitrogens with zero attached hydrogens (tertiary/aromatic N) is 2. The van der Waals surface area contributed by atoms with Crippen molar-refractivity contribution in [2.24, 2.45) is 5.73 Å². The molecule has 21 heavy (non-hydrogen) atoms. The summed E-state index contributed by atoms with van der Waals surface area (Å²) in [5.74, 6) is -0.625. The Bertz CT molecular complexity index is 484. The second-order valence-electron chi connectivity index (χ2n) is 5.61. The fraction of sp³-hybridized carbons (Fsp3) is 0.562. The summed E-state index contributed by atoms with van der Waals surface area (Å²) in [7, 11) is 0. The molecule has 0 saturated carbocycles. The molecule has 0 radical (unpaired) electrons. The average molecular weight is 293 g/mol. The molecule has 1 heterocycles. The molecular formula is C16H24FN3O. The summed E-state index contributed by atoms with van der Waals surface area (Å²) in [5, 5.41) is 0. The molecular weight excluding hydrogens is 269 g/mol. The van der Waals surface area contributed by atoms with Crippen LogP contribution in [-0.2, 0) is 0 Å². The first-order valence-corrected chi connectivity index (χ1v) is 7.59. The van der Waals surface area contributed by atoms with Gasteiger partial charge in [-0.1, -0.05) is 6.07 Å². The van der Waals surface area contributed by atoms with Crippen LogP contribution in [0.15, 0.2) is 18.2 Å². The number of carbonyl (C=O) groups excluding carboxylic acids is 1. The molecule has 0 aliphatic carbocycles. The lowest BCUT2D eigenvalue weighted by Crippen LogP contribution is -2.49. The predicted molar refractivity (Wildman–Crippen MR) is 81.8 cm³/mol. The van der Waals surface area contributed by atoms with E-state index in [2.05, 4.69) is 4.90 Å². The highest BCUT2D eigenvalue weighted by molar-refractivity contribution is 5.94. The van der Waals surface area contributed by atoms with Crippen LogP contribution in [0.2, 0.25) is 0 Å². The minimum atomic E-state index is -0.426. The Hall–Kier alpha value is -1.46. The fourth-order valence-corrected chi connectivity index (χ4v) is 2.62. The van der Waals surface area contributed by atoms with Crippen molar-refractivity contribution in [2.45, 2.75) is 19.8 Å². The molecule has 1 aliphatic rings. The van der Waals surface area contributed by atoms with Crippen LogP contribution in [0.25, 0.3) is 0 Å². The summed E-state index contributed by atoms with van der Waals surface area (Å²) in [6, 6.07) is 4.77. The number of hydrogen-bond acceptors (Lipinski definition) is 3. The van der Waals surface area contributed by atoms with Crippen LogP contribution in [0.5, 0.6) is 0 Å². The number of hydrogen-bond donors (Lipinski definition) is 1. The first-order valence-electron chi connectivity index (χ1n) is 7.59. The van der Waals surface area contributed by atoms with E-state index in [0.717, 1.165) is 44.6 Å². The SMILES string of the molecule is Cc1ccc(C(=O)N2CCN(CCCCN)CC2)c(F)c1. The van der Waals surface area contributed by atoms with Crippen LogP contribution in [0, 0.1) is 12.7 Å². The molecule has 5 heteroatoms. The Morgan fingerprint density at radius 2 is 1.95 bits per heavy atom. The zero-order valence-electron chi connectivity index (χ0n) is 12.6. The second kappa shape index (κ2) is 7.52. The number of piperazine rings is 1. The Kier molecular flexibility index (Phi) is 5.70. The number of benzene rings is 1. The summed E-state index contributed by atoms with van der Waals surface area (Å²) in [6.07, 6.45) is 2.13. The van der Waals surface area contributed by atoms with Crippen molar-refractivity contribution in [1.82, 2.24) is 9.80 Å². The molecule has 1 amide bonds. The molecule has 0 spiro atoms. The van der Waals surface area contributed by atoms with Crippen molar-refractivity contribution in [3.63, 3.8) is 0 Å². The van der Waals surface area contributed by atoms with Crippen LogP contribution in [0.1, 0.15) is 28.8 Å². The van der Waals surface area contributed by atoms with E-state index >= 15 is 0 Å². The summed E-state index contributed by atoms with van der Waals surface area (Å²) >= 11 is 0. The number of carbonyl (C=O) groups is 1. The number of amides is 1. The van der Waals surface area contributed by atoms with Crippen molar-refractivity contribution in [2.75, 3.05) is 39.3 Å². The molecule has 1 aromatic carbocycles. The van der Waals surface area contributed by atoms with Gasteiger partial charge >= 0.3 is 0 Å². The zero-order valence-corrected chi connectivity index (χ0v) is 12.6. The van der Waals surface area contributed by atoms with Gasteiger partial charge in [-0.2, -0.15) is 0 Å². The van der Waals surface area contributed by atoms with E-state index in [1.807, 2.05) is 6.92 Å². The van der Waals surface area contributed by atoms with Crippen molar-refractivity contribution < 1.29 is 9.18 Å². The topological polar surface area (TPSA) is 49.6 Å². The molecule has 0 aromatic heterocycles. The van der Waals surface area contributed by atoms with E-state index in [9.17, 15) is 9.18 Å². The molecule has 0 bridgehead atoms. The highest BCUT2D eigenvalue weighted by Gasteiger charge is 2.23. The first kappa shape index (κ1) is 15.9. The number of nitrogens with two attached hydrogens (primary N) is 1. The zero-order chi connectivity index (χ0) is 15.2. The standard InChI is InChI=1S/C16H24FN3O/c1-13-4-5-14(15(17)12-13)16(21)20-10-8-19(9-11-20)7-3-2-6-18/h4-5,12H,2-3,6-11,18H2,1H3. The van der Waals surface area contributed by atoms with Gasteiger partial charge < -0.3 is 10.6 Å². The largest absolute Gasteiger partial charge is 0.336 e. The van der Waals surface area contributed by atoms with Crippen molar-refractivity contribution in [3.05, 3.63) is 35.1 Å². The van der Waals surface area contributed by atoms with Crippen LogP contribution in [0.3, 0.4) is 0 Å². The Morgan fingerprint density at radius 1 is 1.24 bits per heavy atom. The van der Waals surface area contributed by atoms with Gasteiger partial charge in [-0.3, -0.25) is 9.69 Å². The quantitative estimate of drug-likeness (QED) is 0.840. The third-order valence-corrected chi connectivity index (χ3v) is 3.94. The molecule has 4 nitrogen and oxygen atoms in total. The summed E-state index contributed by atoms with van der Waals surface area (Å²) in [6.45, 7) is 6.60. The van der Waals surface area contributed by atoms with Gasteiger partial charge in [0.15, 0.2) is 0 Å². The lowest BCUT2D eigenvalue weighted by molar-refractivity contribution is 0.0631. The van der Waals surface area contributed by atoms with Gasteiger partial charge in [-0.25, -0.2) is 4.39 Å². The highest BCUT2D eigenvalue weighted by Crippen LogP contribution is 2.14. The number of aryl methyl sites for hydroxylation is 1. The van der Waals surface area contributed by atoms with E-state index in [0.29, 0.717) is 13.1 Å². The number of unbranched alkanes of at least 4 members (excludes halogenated alkanes) is 1. The van der Waals surface area contributed by atoms with Crippen molar-refractivity contribution in [3.8, 4) is 0 Å². The Labute approximate surface area is 125 Å². The molecule has 0 unspecified atom stereocenters. The Morgan fingerprint density at radius 3 is 2.57 bits per heavy atom. The van der Waals surface area contributed by atoms with Crippen molar-refractivity contribution >= 4 is 5.91 Å². The molecule has 1 aromatic rings. The van der Waals surface area contributed by atoms with Gasteiger partial charge in [0, 0.05) is 26.2 Å². The molecule has 1 aliphatic heterocycles. The second-order valence-corrected chi connectivity index (χ2v) is 5.61. The smallest absolute Gasteiger partial charge is 0.256 e. The van der Waals surface area contributed by atoms with E-state index in [-0.39, 0.29) is 11.5 Å². The maximum atomic E-state index is 13.9. The highest BCUT2D eigenvalue weighted by atomic mass is 19.1. The van der Waals surface area contributed by atoms with Gasteiger partial charge in [0.1, 0.15) is 5.82 Å². The normalized spacial score (nSPS) is 16.2. The van der Waals surface area contributed by atoms with Gasteiger partial charge in [0.2, 0.25) is 0 Å². The lowest BCUT2D eigenvalue weighted by Gasteiger charge is -2.34. The maximum absolute atomic E-state index is 13.9. The molecule has 0 atom stereocenters. The summed E-state index contributed by atoms with van der Waals surface area (Å²) in [5.41, 5.74) is 6.49. The Balaban J connectivity index is 1.88. The first-order chi connectivity index (χ1) is 10.1. The van der Waals surface area contributed by atoms with E-state index in [1.165, 1.54) is 6.07 Å². The molecule has 116 valence electrons. The number of halogens is 1. The molecule has 1 fully saturated rings. The van der Waals surface area contributed by atoms with Gasteiger partial charge in [-0.15, -0.1) is 0 Å². The summed E-state index contributed by atoms with van der Waals surface area (Å²) in [4.78, 5) is 16.4. The predicted octanol–water partition coefficient (Wildman–Crippen LogP) is 1.63.